The Morgan fingerprint density at radius 1 is 1.50 bits per heavy atom. The fourth-order valence-electron chi connectivity index (χ4n) is 1.03. The van der Waals surface area contributed by atoms with Crippen molar-refractivity contribution in [3.8, 4) is 5.75 Å². The van der Waals surface area contributed by atoms with Gasteiger partial charge in [0.05, 0.1) is 13.2 Å². The molecule has 0 aliphatic rings. The third kappa shape index (κ3) is 3.18. The first-order chi connectivity index (χ1) is 7.66. The van der Waals surface area contributed by atoms with E-state index in [2.05, 4.69) is 4.74 Å². The normalized spacial score (nSPS) is 10.1. The second kappa shape index (κ2) is 6.04. The van der Waals surface area contributed by atoms with Gasteiger partial charge in [-0.2, -0.15) is 0 Å². The predicted octanol–water partition coefficient (Wildman–Crippen LogP) is 0.839. The van der Waals surface area contributed by atoms with Crippen molar-refractivity contribution in [2.75, 3.05) is 20.3 Å². The Bertz CT molecular complexity index is 350. The van der Waals surface area contributed by atoms with E-state index in [0.29, 0.717) is 6.61 Å². The first kappa shape index (κ1) is 12.4. The number of halogens is 1. The van der Waals surface area contributed by atoms with Crippen LogP contribution in [0.3, 0.4) is 0 Å². The number of aromatic hydroxyl groups is 1. The molecule has 2 N–H and O–H groups in total. The highest BCUT2D eigenvalue weighted by Crippen LogP contribution is 2.19. The van der Waals surface area contributed by atoms with E-state index >= 15 is 0 Å². The number of phenols is 1. The van der Waals surface area contributed by atoms with Crippen LogP contribution in [0.2, 0.25) is 0 Å². The van der Waals surface area contributed by atoms with Gasteiger partial charge >= 0.3 is 0 Å². The van der Waals surface area contributed by atoms with Crippen LogP contribution in [0, 0.1) is 5.82 Å². The fraction of sp³-hybridized carbons (Fsp3) is 0.300. The van der Waals surface area contributed by atoms with E-state index in [1.807, 2.05) is 5.48 Å². The zero-order chi connectivity index (χ0) is 12.0. The van der Waals surface area contributed by atoms with Gasteiger partial charge in [0.2, 0.25) is 0 Å². The fourth-order valence-corrected chi connectivity index (χ4v) is 1.03. The molecule has 88 valence electrons. The van der Waals surface area contributed by atoms with E-state index in [1.165, 1.54) is 19.2 Å². The average Bonchev–Trinajstić information content (AvgIpc) is 2.24. The number of amides is 1. The predicted molar refractivity (Wildman–Crippen MR) is 53.4 cm³/mol. The second-order valence-electron chi connectivity index (χ2n) is 2.91. The summed E-state index contributed by atoms with van der Waals surface area (Å²) < 4.78 is 17.9. The lowest BCUT2D eigenvalue weighted by atomic mass is 10.2. The van der Waals surface area contributed by atoms with Gasteiger partial charge in [0.1, 0.15) is 17.1 Å². The van der Waals surface area contributed by atoms with Gasteiger partial charge in [-0.3, -0.25) is 9.63 Å². The number of carbonyl (C=O) groups excluding carboxylic acids is 1. The van der Waals surface area contributed by atoms with Crippen LogP contribution in [-0.2, 0) is 9.57 Å². The number of hydroxylamine groups is 1. The summed E-state index contributed by atoms with van der Waals surface area (Å²) in [6.45, 7) is 0.432. The first-order valence-corrected chi connectivity index (χ1v) is 4.55. The van der Waals surface area contributed by atoms with Crippen LogP contribution in [0.25, 0.3) is 0 Å². The smallest absolute Gasteiger partial charge is 0.281 e. The Labute approximate surface area is 91.7 Å². The number of methoxy groups -OCH3 is 1. The molecule has 0 saturated heterocycles. The molecule has 0 heterocycles. The van der Waals surface area contributed by atoms with Crippen molar-refractivity contribution >= 4 is 5.91 Å². The maximum absolute atomic E-state index is 13.2. The molecular weight excluding hydrogens is 217 g/mol. The van der Waals surface area contributed by atoms with Crippen molar-refractivity contribution in [1.82, 2.24) is 5.48 Å². The highest BCUT2D eigenvalue weighted by Gasteiger charge is 2.16. The van der Waals surface area contributed by atoms with Crippen molar-refractivity contribution in [2.45, 2.75) is 0 Å². The van der Waals surface area contributed by atoms with Gasteiger partial charge in [0.25, 0.3) is 5.91 Å². The summed E-state index contributed by atoms with van der Waals surface area (Å²) in [4.78, 5) is 16.1. The number of rotatable bonds is 5. The van der Waals surface area contributed by atoms with Crippen molar-refractivity contribution in [3.05, 3.63) is 29.6 Å². The number of benzene rings is 1. The van der Waals surface area contributed by atoms with Crippen molar-refractivity contribution in [2.24, 2.45) is 0 Å². The Kier molecular flexibility index (Phi) is 4.68. The molecule has 0 bridgehead atoms. The monoisotopic (exact) mass is 229 g/mol. The molecule has 0 radical (unpaired) electrons. The Balaban J connectivity index is 2.59. The van der Waals surface area contributed by atoms with Gasteiger partial charge in [0, 0.05) is 7.11 Å². The van der Waals surface area contributed by atoms with Gasteiger partial charge in [0.15, 0.2) is 0 Å². The average molecular weight is 229 g/mol. The highest BCUT2D eigenvalue weighted by molar-refractivity contribution is 5.96. The lowest BCUT2D eigenvalue weighted by Gasteiger charge is -2.07. The van der Waals surface area contributed by atoms with Gasteiger partial charge in [-0.05, 0) is 12.1 Å². The van der Waals surface area contributed by atoms with Gasteiger partial charge < -0.3 is 9.84 Å². The van der Waals surface area contributed by atoms with Crippen LogP contribution in [0.5, 0.6) is 5.75 Å². The quantitative estimate of drug-likeness (QED) is 0.580. The van der Waals surface area contributed by atoms with E-state index in [4.69, 9.17) is 4.84 Å². The summed E-state index contributed by atoms with van der Waals surface area (Å²) in [6.07, 6.45) is 0. The molecule has 1 amide bonds. The molecule has 1 aromatic rings. The zero-order valence-corrected chi connectivity index (χ0v) is 8.70. The molecule has 1 rings (SSSR count). The van der Waals surface area contributed by atoms with Gasteiger partial charge in [-0.15, -0.1) is 0 Å². The summed E-state index contributed by atoms with van der Waals surface area (Å²) in [6, 6.07) is 3.59. The Hall–Kier alpha value is -1.66. The molecule has 16 heavy (non-hydrogen) atoms. The number of ether oxygens (including phenoxy) is 1. The largest absolute Gasteiger partial charge is 0.507 e. The SMILES string of the molecule is COCCONC(=O)c1c(O)cccc1F. The topological polar surface area (TPSA) is 67.8 Å². The van der Waals surface area contributed by atoms with Crippen molar-refractivity contribution < 1.29 is 23.9 Å². The number of carbonyl (C=O) groups is 1. The van der Waals surface area contributed by atoms with E-state index in [-0.39, 0.29) is 6.61 Å². The maximum Gasteiger partial charge on any atom is 0.281 e. The molecule has 6 heteroatoms. The van der Waals surface area contributed by atoms with Crippen LogP contribution < -0.4 is 5.48 Å². The molecular formula is C10H12FNO4. The van der Waals surface area contributed by atoms with Crippen LogP contribution in [0.15, 0.2) is 18.2 Å². The highest BCUT2D eigenvalue weighted by atomic mass is 19.1. The lowest BCUT2D eigenvalue weighted by Crippen LogP contribution is -2.26. The Morgan fingerprint density at radius 2 is 2.25 bits per heavy atom. The molecule has 0 aromatic heterocycles. The third-order valence-electron chi connectivity index (χ3n) is 1.77. The molecule has 5 nitrogen and oxygen atoms in total. The van der Waals surface area contributed by atoms with E-state index in [0.717, 1.165) is 6.07 Å². The maximum atomic E-state index is 13.2. The Morgan fingerprint density at radius 3 is 2.88 bits per heavy atom. The standard InChI is InChI=1S/C10H12FNO4/c1-15-5-6-16-12-10(14)9-7(11)3-2-4-8(9)13/h2-4,13H,5-6H2,1H3,(H,12,14). The van der Waals surface area contributed by atoms with Crippen LogP contribution in [0.1, 0.15) is 10.4 Å². The second-order valence-corrected chi connectivity index (χ2v) is 2.91. The van der Waals surface area contributed by atoms with E-state index in [9.17, 15) is 14.3 Å². The summed E-state index contributed by atoms with van der Waals surface area (Å²) in [7, 11) is 1.48. The zero-order valence-electron chi connectivity index (χ0n) is 8.70. The minimum absolute atomic E-state index is 0.136. The number of phenolic OH excluding ortho intramolecular Hbond substituents is 1. The molecule has 0 atom stereocenters. The summed E-state index contributed by atoms with van der Waals surface area (Å²) in [5, 5.41) is 9.28. The molecule has 0 saturated carbocycles. The van der Waals surface area contributed by atoms with E-state index < -0.39 is 23.0 Å². The minimum atomic E-state index is -0.841. The number of hydrogen-bond donors (Lipinski definition) is 2. The van der Waals surface area contributed by atoms with Gasteiger partial charge in [-0.25, -0.2) is 9.87 Å². The molecule has 1 aromatic carbocycles. The molecule has 0 fully saturated rings. The van der Waals surface area contributed by atoms with Crippen molar-refractivity contribution in [3.63, 3.8) is 0 Å². The van der Waals surface area contributed by atoms with E-state index in [1.54, 1.807) is 0 Å². The van der Waals surface area contributed by atoms with Crippen molar-refractivity contribution in [1.29, 1.82) is 0 Å². The molecule has 0 spiro atoms. The number of nitrogens with one attached hydrogen (secondary N) is 1. The van der Waals surface area contributed by atoms with Crippen LogP contribution >= 0.6 is 0 Å². The van der Waals surface area contributed by atoms with Gasteiger partial charge in [-0.1, -0.05) is 6.07 Å². The minimum Gasteiger partial charge on any atom is -0.507 e. The summed E-state index contributed by atoms with van der Waals surface area (Å²) >= 11 is 0. The first-order valence-electron chi connectivity index (χ1n) is 4.55. The number of hydrogen-bond acceptors (Lipinski definition) is 4. The lowest BCUT2D eigenvalue weighted by molar-refractivity contribution is 0.00850. The van der Waals surface area contributed by atoms with Crippen LogP contribution in [0.4, 0.5) is 4.39 Å². The third-order valence-corrected chi connectivity index (χ3v) is 1.77. The summed E-state index contributed by atoms with van der Waals surface area (Å²) in [5.41, 5.74) is 1.55. The van der Waals surface area contributed by atoms with Crippen LogP contribution in [-0.4, -0.2) is 31.3 Å². The summed E-state index contributed by atoms with van der Waals surface area (Å²) in [5.74, 6) is -2.09. The molecule has 0 aliphatic heterocycles. The molecule has 0 aliphatic carbocycles. The molecule has 0 unspecified atom stereocenters.